The van der Waals surface area contributed by atoms with Gasteiger partial charge in [-0.1, -0.05) is 12.1 Å². The zero-order valence-electron chi connectivity index (χ0n) is 15.0. The maximum absolute atomic E-state index is 12.9. The van der Waals surface area contributed by atoms with Crippen molar-refractivity contribution in [2.45, 2.75) is 19.9 Å². The molecular weight excluding hydrogens is 363 g/mol. The van der Waals surface area contributed by atoms with Gasteiger partial charge in [0.25, 0.3) is 11.8 Å². The lowest BCUT2D eigenvalue weighted by molar-refractivity contribution is 0.0942. The van der Waals surface area contributed by atoms with Gasteiger partial charge in [0, 0.05) is 11.3 Å². The first-order valence-electron chi connectivity index (χ1n) is 8.46. The van der Waals surface area contributed by atoms with Crippen LogP contribution in [0, 0.1) is 12.7 Å². The third-order valence-electron chi connectivity index (χ3n) is 4.19. The molecule has 0 aliphatic carbocycles. The number of anilines is 1. The van der Waals surface area contributed by atoms with Crippen molar-refractivity contribution in [3.63, 3.8) is 0 Å². The molecule has 4 nitrogen and oxygen atoms in total. The Labute approximate surface area is 161 Å². The highest BCUT2D eigenvalue weighted by Gasteiger charge is 2.14. The van der Waals surface area contributed by atoms with Crippen LogP contribution >= 0.6 is 11.3 Å². The number of nitrogens with one attached hydrogen (secondary N) is 2. The molecule has 27 heavy (non-hydrogen) atoms. The normalized spacial score (nSPS) is 11.7. The van der Waals surface area contributed by atoms with Crippen molar-refractivity contribution in [2.75, 3.05) is 5.32 Å². The van der Waals surface area contributed by atoms with Crippen LogP contribution in [0.15, 0.2) is 60.0 Å². The fourth-order valence-corrected chi connectivity index (χ4v) is 3.44. The molecule has 0 bridgehead atoms. The van der Waals surface area contributed by atoms with Crippen LogP contribution in [0.3, 0.4) is 0 Å². The Morgan fingerprint density at radius 3 is 2.22 bits per heavy atom. The van der Waals surface area contributed by atoms with Crippen molar-refractivity contribution in [1.29, 1.82) is 0 Å². The molecule has 1 aromatic heterocycles. The van der Waals surface area contributed by atoms with E-state index in [-0.39, 0.29) is 23.7 Å². The van der Waals surface area contributed by atoms with Gasteiger partial charge in [-0.2, -0.15) is 0 Å². The number of benzene rings is 2. The first kappa shape index (κ1) is 18.8. The lowest BCUT2D eigenvalue weighted by Gasteiger charge is -2.15. The molecule has 3 aromatic rings. The van der Waals surface area contributed by atoms with Gasteiger partial charge in [-0.25, -0.2) is 4.39 Å². The summed E-state index contributed by atoms with van der Waals surface area (Å²) in [5.41, 5.74) is 2.90. The van der Waals surface area contributed by atoms with Crippen molar-refractivity contribution >= 4 is 28.8 Å². The lowest BCUT2D eigenvalue weighted by Crippen LogP contribution is -2.26. The number of aryl methyl sites for hydroxylation is 1. The van der Waals surface area contributed by atoms with E-state index in [9.17, 15) is 14.0 Å². The third kappa shape index (κ3) is 4.60. The Kier molecular flexibility index (Phi) is 5.66. The highest BCUT2D eigenvalue weighted by molar-refractivity contribution is 7.12. The quantitative estimate of drug-likeness (QED) is 0.657. The predicted molar refractivity (Wildman–Crippen MR) is 106 cm³/mol. The van der Waals surface area contributed by atoms with Crippen molar-refractivity contribution in [2.24, 2.45) is 0 Å². The van der Waals surface area contributed by atoms with E-state index in [1.807, 2.05) is 37.4 Å². The average Bonchev–Trinajstić information content (AvgIpc) is 3.09. The van der Waals surface area contributed by atoms with Gasteiger partial charge in [-0.3, -0.25) is 9.59 Å². The zero-order valence-corrected chi connectivity index (χ0v) is 15.8. The molecule has 2 N–H and O–H groups in total. The standard InChI is InChI=1S/C21H19FN2O2S/c1-13-11-12-27-19(13)21(26)23-14(2)15-5-9-18(10-6-15)24-20(25)16-3-7-17(22)8-4-16/h3-12,14H,1-2H3,(H,23,26)(H,24,25). The van der Waals surface area contributed by atoms with E-state index in [2.05, 4.69) is 10.6 Å². The van der Waals surface area contributed by atoms with Crippen LogP contribution in [0.25, 0.3) is 0 Å². The van der Waals surface area contributed by atoms with E-state index in [0.29, 0.717) is 16.1 Å². The van der Waals surface area contributed by atoms with E-state index in [1.54, 1.807) is 12.1 Å². The summed E-state index contributed by atoms with van der Waals surface area (Å²) in [6.07, 6.45) is 0. The van der Waals surface area contributed by atoms with Gasteiger partial charge in [0.05, 0.1) is 10.9 Å². The number of hydrogen-bond donors (Lipinski definition) is 2. The maximum atomic E-state index is 12.9. The average molecular weight is 382 g/mol. The minimum atomic E-state index is -0.385. The maximum Gasteiger partial charge on any atom is 0.262 e. The number of halogens is 1. The minimum absolute atomic E-state index is 0.0938. The fourth-order valence-electron chi connectivity index (χ4n) is 2.61. The molecule has 0 aliphatic heterocycles. The molecule has 1 atom stereocenters. The molecule has 6 heteroatoms. The van der Waals surface area contributed by atoms with Crippen LogP contribution < -0.4 is 10.6 Å². The monoisotopic (exact) mass is 382 g/mol. The van der Waals surface area contributed by atoms with Crippen molar-refractivity contribution in [1.82, 2.24) is 5.32 Å². The summed E-state index contributed by atoms with van der Waals surface area (Å²) in [5, 5.41) is 7.64. The Balaban J connectivity index is 1.62. The first-order valence-corrected chi connectivity index (χ1v) is 9.34. The van der Waals surface area contributed by atoms with Crippen molar-refractivity contribution in [3.05, 3.63) is 87.4 Å². The molecule has 1 heterocycles. The topological polar surface area (TPSA) is 58.2 Å². The first-order chi connectivity index (χ1) is 12.9. The van der Waals surface area contributed by atoms with E-state index in [4.69, 9.17) is 0 Å². The van der Waals surface area contributed by atoms with Gasteiger partial charge in [0.2, 0.25) is 0 Å². The largest absolute Gasteiger partial charge is 0.345 e. The van der Waals surface area contributed by atoms with Crippen LogP contribution in [0.4, 0.5) is 10.1 Å². The number of thiophene rings is 1. The number of rotatable bonds is 5. The van der Waals surface area contributed by atoms with E-state index >= 15 is 0 Å². The van der Waals surface area contributed by atoms with Crippen LogP contribution in [-0.4, -0.2) is 11.8 Å². The lowest BCUT2D eigenvalue weighted by atomic mass is 10.1. The predicted octanol–water partition coefficient (Wildman–Crippen LogP) is 4.94. The molecule has 0 radical (unpaired) electrons. The molecule has 0 fully saturated rings. The van der Waals surface area contributed by atoms with Gasteiger partial charge in [-0.05, 0) is 72.8 Å². The summed E-state index contributed by atoms with van der Waals surface area (Å²) < 4.78 is 12.9. The molecule has 1 unspecified atom stereocenters. The highest BCUT2D eigenvalue weighted by Crippen LogP contribution is 2.20. The van der Waals surface area contributed by atoms with E-state index < -0.39 is 0 Å². The second-order valence-corrected chi connectivity index (χ2v) is 7.13. The Morgan fingerprint density at radius 2 is 1.63 bits per heavy atom. The van der Waals surface area contributed by atoms with E-state index in [0.717, 1.165) is 11.1 Å². The summed E-state index contributed by atoms with van der Waals surface area (Å²) in [4.78, 5) is 25.2. The molecule has 2 aromatic carbocycles. The molecular formula is C21H19FN2O2S. The summed E-state index contributed by atoms with van der Waals surface area (Å²) in [6, 6.07) is 14.4. The Bertz CT molecular complexity index is 949. The second-order valence-electron chi connectivity index (χ2n) is 6.21. The summed E-state index contributed by atoms with van der Waals surface area (Å²) >= 11 is 1.42. The molecule has 0 spiro atoms. The second kappa shape index (κ2) is 8.14. The number of carbonyl (C=O) groups excluding carboxylic acids is 2. The zero-order chi connectivity index (χ0) is 19.4. The number of amides is 2. The van der Waals surface area contributed by atoms with Gasteiger partial charge in [0.1, 0.15) is 5.82 Å². The van der Waals surface area contributed by atoms with Crippen molar-refractivity contribution < 1.29 is 14.0 Å². The molecule has 0 saturated carbocycles. The smallest absolute Gasteiger partial charge is 0.262 e. The highest BCUT2D eigenvalue weighted by atomic mass is 32.1. The Morgan fingerprint density at radius 1 is 0.963 bits per heavy atom. The van der Waals surface area contributed by atoms with Gasteiger partial charge < -0.3 is 10.6 Å². The minimum Gasteiger partial charge on any atom is -0.345 e. The van der Waals surface area contributed by atoms with Gasteiger partial charge in [-0.15, -0.1) is 11.3 Å². The molecule has 3 rings (SSSR count). The molecule has 0 aliphatic rings. The van der Waals surface area contributed by atoms with Gasteiger partial charge >= 0.3 is 0 Å². The third-order valence-corrected chi connectivity index (χ3v) is 5.21. The SMILES string of the molecule is Cc1ccsc1C(=O)NC(C)c1ccc(NC(=O)c2ccc(F)cc2)cc1. The molecule has 138 valence electrons. The van der Waals surface area contributed by atoms with E-state index in [1.165, 1.54) is 35.6 Å². The fraction of sp³-hybridized carbons (Fsp3) is 0.143. The van der Waals surface area contributed by atoms with Crippen LogP contribution in [0.5, 0.6) is 0 Å². The summed E-state index contributed by atoms with van der Waals surface area (Å²) in [5.74, 6) is -0.786. The molecule has 0 saturated heterocycles. The van der Waals surface area contributed by atoms with Crippen LogP contribution in [0.1, 0.15) is 44.1 Å². The van der Waals surface area contributed by atoms with Gasteiger partial charge in [0.15, 0.2) is 0 Å². The van der Waals surface area contributed by atoms with Crippen LogP contribution in [0.2, 0.25) is 0 Å². The number of hydrogen-bond acceptors (Lipinski definition) is 3. The Hall–Kier alpha value is -2.99. The molecule has 2 amide bonds. The van der Waals surface area contributed by atoms with Crippen molar-refractivity contribution in [3.8, 4) is 0 Å². The summed E-state index contributed by atoms with van der Waals surface area (Å²) in [7, 11) is 0. The summed E-state index contributed by atoms with van der Waals surface area (Å²) in [6.45, 7) is 3.82. The number of carbonyl (C=O) groups is 2. The van der Waals surface area contributed by atoms with Crippen LogP contribution in [-0.2, 0) is 0 Å².